The van der Waals surface area contributed by atoms with Gasteiger partial charge in [0.1, 0.15) is 10.6 Å². The van der Waals surface area contributed by atoms with E-state index in [0.717, 1.165) is 11.1 Å². The first-order chi connectivity index (χ1) is 16.3. The molecular weight excluding hydrogens is 470 g/mol. The molecule has 9 heteroatoms. The summed E-state index contributed by atoms with van der Waals surface area (Å²) in [6.07, 6.45) is 1.54. The van der Waals surface area contributed by atoms with E-state index < -0.39 is 10.0 Å². The van der Waals surface area contributed by atoms with Gasteiger partial charge in [-0.25, -0.2) is 13.4 Å². The van der Waals surface area contributed by atoms with E-state index in [-0.39, 0.29) is 16.4 Å². The number of methoxy groups -OCH3 is 1. The number of benzene rings is 3. The first kappa shape index (κ1) is 23.5. The van der Waals surface area contributed by atoms with Crippen molar-refractivity contribution >= 4 is 43.6 Å². The van der Waals surface area contributed by atoms with Crippen molar-refractivity contribution in [2.24, 2.45) is 0 Å². The number of ether oxygens (including phenoxy) is 1. The van der Waals surface area contributed by atoms with Gasteiger partial charge in [-0.2, -0.15) is 0 Å². The van der Waals surface area contributed by atoms with Gasteiger partial charge >= 0.3 is 0 Å². The normalized spacial score (nSPS) is 11.1. The Morgan fingerprint density at radius 2 is 1.74 bits per heavy atom. The van der Waals surface area contributed by atoms with E-state index in [1.165, 1.54) is 18.4 Å². The molecule has 0 spiro atoms. The lowest BCUT2D eigenvalue weighted by Gasteiger charge is -2.13. The summed E-state index contributed by atoms with van der Waals surface area (Å²) in [5.74, 6) is 0.179. The number of nitrogens with zero attached hydrogens (tertiary/aromatic N) is 1. The second-order valence-corrected chi connectivity index (χ2v) is 10.3. The second-order valence-electron chi connectivity index (χ2n) is 7.64. The summed E-state index contributed by atoms with van der Waals surface area (Å²) in [5.41, 5.74) is 3.35. The molecule has 0 aliphatic carbocycles. The number of hydrogen-bond acceptors (Lipinski definition) is 7. The molecule has 0 unspecified atom stereocenters. The van der Waals surface area contributed by atoms with Crippen LogP contribution in [0.15, 0.2) is 77.8 Å². The number of rotatable bonds is 8. The minimum atomic E-state index is -3.87. The van der Waals surface area contributed by atoms with Gasteiger partial charge in [-0.1, -0.05) is 47.7 Å². The number of anilines is 3. The average molecular weight is 494 g/mol. The molecule has 4 rings (SSSR count). The Bertz CT molecular complexity index is 1460. The lowest BCUT2D eigenvalue weighted by Crippen LogP contribution is -2.14. The van der Waals surface area contributed by atoms with Gasteiger partial charge < -0.3 is 10.1 Å². The summed E-state index contributed by atoms with van der Waals surface area (Å²) in [4.78, 5) is 17.7. The van der Waals surface area contributed by atoms with Gasteiger partial charge in [0.15, 0.2) is 5.13 Å². The Hall–Kier alpha value is -3.69. The zero-order valence-corrected chi connectivity index (χ0v) is 20.5. The molecule has 1 aromatic heterocycles. The predicted octanol–water partition coefficient (Wildman–Crippen LogP) is 5.54. The molecule has 0 amide bonds. The van der Waals surface area contributed by atoms with Crippen molar-refractivity contribution in [3.05, 3.63) is 94.5 Å². The molecule has 3 aromatic carbocycles. The van der Waals surface area contributed by atoms with Crippen LogP contribution in [-0.2, 0) is 10.0 Å². The maximum Gasteiger partial charge on any atom is 0.265 e. The summed E-state index contributed by atoms with van der Waals surface area (Å²) in [6, 6.07) is 19.2. The zero-order valence-electron chi connectivity index (χ0n) is 18.8. The van der Waals surface area contributed by atoms with Crippen molar-refractivity contribution in [3.63, 3.8) is 0 Å². The van der Waals surface area contributed by atoms with Crippen LogP contribution in [-0.4, -0.2) is 26.3 Å². The van der Waals surface area contributed by atoms with Crippen molar-refractivity contribution in [1.82, 2.24) is 4.98 Å². The van der Waals surface area contributed by atoms with Crippen molar-refractivity contribution in [3.8, 4) is 5.75 Å². The highest BCUT2D eigenvalue weighted by Gasteiger charge is 2.20. The molecular formula is C25H23N3O4S2. The quantitative estimate of drug-likeness (QED) is 0.313. The van der Waals surface area contributed by atoms with E-state index in [4.69, 9.17) is 4.74 Å². The summed E-state index contributed by atoms with van der Waals surface area (Å²) >= 11 is 1.23. The number of aromatic nitrogens is 1. The molecule has 0 saturated carbocycles. The number of carbonyl (C=O) groups is 1. The molecule has 0 aliphatic rings. The SMILES string of the molecule is COc1ccc(C)cc1S(=O)(=O)Nc1cccc(Nc2ncc(C(=O)c3ccccc3C)s2)c1. The van der Waals surface area contributed by atoms with Gasteiger partial charge in [0.2, 0.25) is 5.78 Å². The Morgan fingerprint density at radius 3 is 2.50 bits per heavy atom. The Kier molecular flexibility index (Phi) is 6.67. The van der Waals surface area contributed by atoms with Crippen LogP contribution in [0.1, 0.15) is 26.4 Å². The molecule has 34 heavy (non-hydrogen) atoms. The number of aryl methyl sites for hydroxylation is 2. The van der Waals surface area contributed by atoms with Gasteiger partial charge in [-0.15, -0.1) is 0 Å². The number of carbonyl (C=O) groups excluding carboxylic acids is 1. The maximum absolute atomic E-state index is 13.0. The molecule has 0 bridgehead atoms. The van der Waals surface area contributed by atoms with Gasteiger partial charge in [0.05, 0.1) is 23.9 Å². The molecule has 4 aromatic rings. The lowest BCUT2D eigenvalue weighted by atomic mass is 10.0. The smallest absolute Gasteiger partial charge is 0.265 e. The third-order valence-electron chi connectivity index (χ3n) is 5.09. The first-order valence-corrected chi connectivity index (χ1v) is 12.7. The molecule has 2 N–H and O–H groups in total. The van der Waals surface area contributed by atoms with Crippen molar-refractivity contribution in [2.75, 3.05) is 17.1 Å². The van der Waals surface area contributed by atoms with E-state index in [0.29, 0.717) is 26.9 Å². The van der Waals surface area contributed by atoms with Crippen LogP contribution in [0.2, 0.25) is 0 Å². The van der Waals surface area contributed by atoms with E-state index >= 15 is 0 Å². The van der Waals surface area contributed by atoms with E-state index in [2.05, 4.69) is 15.0 Å². The Balaban J connectivity index is 1.53. The number of hydrogen-bond donors (Lipinski definition) is 2. The van der Waals surface area contributed by atoms with E-state index in [1.807, 2.05) is 32.0 Å². The standard InChI is InChI=1S/C25H23N3O4S2/c1-16-11-12-21(32-3)23(13-16)34(30,31)28-19-9-6-8-18(14-19)27-25-26-15-22(33-25)24(29)20-10-5-4-7-17(20)2/h4-15,28H,1-3H3,(H,26,27). The monoisotopic (exact) mass is 493 g/mol. The zero-order chi connectivity index (χ0) is 24.3. The summed E-state index contributed by atoms with van der Waals surface area (Å²) in [6.45, 7) is 3.71. The first-order valence-electron chi connectivity index (χ1n) is 10.4. The minimum Gasteiger partial charge on any atom is -0.495 e. The summed E-state index contributed by atoms with van der Waals surface area (Å²) < 4.78 is 33.8. The van der Waals surface area contributed by atoms with Crippen molar-refractivity contribution in [1.29, 1.82) is 0 Å². The molecule has 0 saturated heterocycles. The van der Waals surface area contributed by atoms with Crippen LogP contribution in [0.5, 0.6) is 5.75 Å². The highest BCUT2D eigenvalue weighted by molar-refractivity contribution is 7.92. The second kappa shape index (κ2) is 9.66. The fourth-order valence-corrected chi connectivity index (χ4v) is 5.48. The van der Waals surface area contributed by atoms with Crippen LogP contribution < -0.4 is 14.8 Å². The number of thiazole rings is 1. The van der Waals surface area contributed by atoms with Gasteiger partial charge in [-0.3, -0.25) is 9.52 Å². The number of nitrogens with one attached hydrogen (secondary N) is 2. The Morgan fingerprint density at radius 1 is 0.971 bits per heavy atom. The summed E-state index contributed by atoms with van der Waals surface area (Å²) in [7, 11) is -2.44. The molecule has 0 radical (unpaired) electrons. The molecule has 0 aliphatic heterocycles. The average Bonchev–Trinajstić information content (AvgIpc) is 3.27. The largest absolute Gasteiger partial charge is 0.495 e. The van der Waals surface area contributed by atoms with Crippen molar-refractivity contribution < 1.29 is 17.9 Å². The van der Waals surface area contributed by atoms with Crippen LogP contribution in [0.25, 0.3) is 0 Å². The van der Waals surface area contributed by atoms with Gasteiger partial charge in [0, 0.05) is 11.3 Å². The molecule has 7 nitrogen and oxygen atoms in total. The lowest BCUT2D eigenvalue weighted by molar-refractivity contribution is 0.104. The third-order valence-corrected chi connectivity index (χ3v) is 7.41. The fourth-order valence-electron chi connectivity index (χ4n) is 3.39. The van der Waals surface area contributed by atoms with Crippen LogP contribution in [0, 0.1) is 13.8 Å². The minimum absolute atomic E-state index is 0.0626. The molecule has 1 heterocycles. The number of ketones is 1. The highest BCUT2D eigenvalue weighted by atomic mass is 32.2. The third kappa shape index (κ3) is 5.11. The molecule has 0 atom stereocenters. The molecule has 174 valence electrons. The topological polar surface area (TPSA) is 97.4 Å². The predicted molar refractivity (Wildman–Crippen MR) is 135 cm³/mol. The van der Waals surface area contributed by atoms with Crippen molar-refractivity contribution in [2.45, 2.75) is 18.7 Å². The van der Waals surface area contributed by atoms with Gasteiger partial charge in [-0.05, 0) is 55.3 Å². The van der Waals surface area contributed by atoms with Gasteiger partial charge in [0.25, 0.3) is 10.0 Å². The van der Waals surface area contributed by atoms with Crippen LogP contribution in [0.4, 0.5) is 16.5 Å². The maximum atomic E-state index is 13.0. The Labute approximate surface area is 202 Å². The molecule has 0 fully saturated rings. The highest BCUT2D eigenvalue weighted by Crippen LogP contribution is 2.29. The van der Waals surface area contributed by atoms with E-state index in [9.17, 15) is 13.2 Å². The van der Waals surface area contributed by atoms with Crippen LogP contribution in [0.3, 0.4) is 0 Å². The van der Waals surface area contributed by atoms with E-state index in [1.54, 1.807) is 54.7 Å². The summed E-state index contributed by atoms with van der Waals surface area (Å²) in [5, 5.41) is 3.66. The fraction of sp³-hybridized carbons (Fsp3) is 0.120. The number of sulfonamides is 1. The van der Waals surface area contributed by atoms with Crippen LogP contribution >= 0.6 is 11.3 Å².